The first kappa shape index (κ1) is 20.4. The van der Waals surface area contributed by atoms with Crippen LogP contribution in [0.25, 0.3) is 0 Å². The number of aromatic nitrogens is 2. The van der Waals surface area contributed by atoms with Crippen LogP contribution >= 0.6 is 12.4 Å². The predicted molar refractivity (Wildman–Crippen MR) is 85.8 cm³/mol. The molecule has 9 heteroatoms. The third kappa shape index (κ3) is 6.88. The van der Waals surface area contributed by atoms with Crippen molar-refractivity contribution in [2.75, 3.05) is 25.6 Å². The highest BCUT2D eigenvalue weighted by Crippen LogP contribution is 2.04. The minimum atomic E-state index is -0.616. The molecule has 0 radical (unpaired) electrons. The number of carbonyl (C=O) groups excluding carboxylic acids is 2. The van der Waals surface area contributed by atoms with Gasteiger partial charge in [-0.3, -0.25) is 14.3 Å². The molecule has 22 heavy (non-hydrogen) atoms. The van der Waals surface area contributed by atoms with E-state index in [1.165, 1.54) is 6.20 Å². The van der Waals surface area contributed by atoms with E-state index < -0.39 is 6.04 Å². The summed E-state index contributed by atoms with van der Waals surface area (Å²) < 4.78 is 6.59. The molecule has 126 valence electrons. The maximum absolute atomic E-state index is 11.7. The quantitative estimate of drug-likeness (QED) is 0.619. The number of carbonyl (C=O) groups is 2. The van der Waals surface area contributed by atoms with Gasteiger partial charge < -0.3 is 21.1 Å². The van der Waals surface area contributed by atoms with Crippen molar-refractivity contribution in [3.05, 3.63) is 12.4 Å². The van der Waals surface area contributed by atoms with Gasteiger partial charge >= 0.3 is 0 Å². The molecular formula is C13H24ClN5O3. The van der Waals surface area contributed by atoms with E-state index >= 15 is 0 Å². The monoisotopic (exact) mass is 333 g/mol. The molecule has 0 unspecified atom stereocenters. The van der Waals surface area contributed by atoms with Gasteiger partial charge in [0.05, 0.1) is 37.6 Å². The van der Waals surface area contributed by atoms with Crippen LogP contribution in [0.15, 0.2) is 12.4 Å². The van der Waals surface area contributed by atoms with Crippen LogP contribution in [0.1, 0.15) is 13.8 Å². The van der Waals surface area contributed by atoms with Crippen LogP contribution in [0.3, 0.4) is 0 Å². The molecule has 0 aromatic carbocycles. The summed E-state index contributed by atoms with van der Waals surface area (Å²) in [5.41, 5.74) is 6.25. The summed E-state index contributed by atoms with van der Waals surface area (Å²) in [6.45, 7) is 4.71. The average Bonchev–Trinajstić information content (AvgIpc) is 2.88. The molecule has 1 atom stereocenters. The van der Waals surface area contributed by atoms with Crippen LogP contribution < -0.4 is 16.4 Å². The molecule has 0 aliphatic carbocycles. The zero-order valence-electron chi connectivity index (χ0n) is 13.0. The number of hydrogen-bond donors (Lipinski definition) is 3. The van der Waals surface area contributed by atoms with Gasteiger partial charge in [0, 0.05) is 13.3 Å². The number of hydrogen-bond acceptors (Lipinski definition) is 5. The van der Waals surface area contributed by atoms with E-state index in [2.05, 4.69) is 15.7 Å². The molecule has 0 bridgehead atoms. The van der Waals surface area contributed by atoms with Gasteiger partial charge in [-0.25, -0.2) is 0 Å². The van der Waals surface area contributed by atoms with E-state index in [0.29, 0.717) is 18.8 Å². The summed E-state index contributed by atoms with van der Waals surface area (Å²) in [4.78, 5) is 23.3. The number of rotatable bonds is 8. The lowest BCUT2D eigenvalue weighted by atomic mass is 10.1. The molecule has 2 amide bonds. The maximum Gasteiger partial charge on any atom is 0.243 e. The van der Waals surface area contributed by atoms with E-state index in [-0.39, 0.29) is 36.7 Å². The summed E-state index contributed by atoms with van der Waals surface area (Å²) in [6, 6.07) is -0.616. The molecule has 1 heterocycles. The molecule has 8 nitrogen and oxygen atoms in total. The van der Waals surface area contributed by atoms with E-state index in [4.69, 9.17) is 10.5 Å². The number of nitrogens with two attached hydrogens (primary N) is 1. The van der Waals surface area contributed by atoms with Gasteiger partial charge in [0.1, 0.15) is 0 Å². The summed E-state index contributed by atoms with van der Waals surface area (Å²) in [7, 11) is 1.61. The van der Waals surface area contributed by atoms with E-state index in [0.717, 1.165) is 0 Å². The molecule has 0 aliphatic heterocycles. The Morgan fingerprint density at radius 1 is 1.45 bits per heavy atom. The number of anilines is 1. The number of methoxy groups -OCH3 is 1. The zero-order valence-corrected chi connectivity index (χ0v) is 13.9. The number of nitrogens with zero attached hydrogens (tertiary/aromatic N) is 2. The first-order chi connectivity index (χ1) is 9.93. The Morgan fingerprint density at radius 3 is 2.73 bits per heavy atom. The summed E-state index contributed by atoms with van der Waals surface area (Å²) >= 11 is 0. The number of nitrogens with one attached hydrogen (secondary N) is 2. The van der Waals surface area contributed by atoms with Crippen molar-refractivity contribution in [2.24, 2.45) is 11.7 Å². The van der Waals surface area contributed by atoms with Gasteiger partial charge in [-0.1, -0.05) is 13.8 Å². The Hall–Kier alpha value is -1.64. The molecule has 0 spiro atoms. The van der Waals surface area contributed by atoms with Crippen molar-refractivity contribution >= 4 is 29.9 Å². The molecule has 4 N–H and O–H groups in total. The van der Waals surface area contributed by atoms with Crippen molar-refractivity contribution in [1.82, 2.24) is 15.1 Å². The minimum absolute atomic E-state index is 0. The van der Waals surface area contributed by atoms with Crippen molar-refractivity contribution in [3.63, 3.8) is 0 Å². The molecule has 1 rings (SSSR count). The first-order valence-corrected chi connectivity index (χ1v) is 6.78. The molecule has 0 saturated carbocycles. The van der Waals surface area contributed by atoms with Crippen molar-refractivity contribution in [1.29, 1.82) is 0 Å². The average molecular weight is 334 g/mol. The van der Waals surface area contributed by atoms with E-state index in [9.17, 15) is 9.59 Å². The second kappa shape index (κ2) is 10.1. The summed E-state index contributed by atoms with van der Waals surface area (Å²) in [5, 5.41) is 9.21. The third-order valence-electron chi connectivity index (χ3n) is 2.89. The van der Waals surface area contributed by atoms with Crippen LogP contribution in [0.4, 0.5) is 5.69 Å². The Kier molecular flexibility index (Phi) is 9.39. The number of halogens is 1. The highest BCUT2D eigenvalue weighted by Gasteiger charge is 2.17. The molecule has 0 fully saturated rings. The highest BCUT2D eigenvalue weighted by molar-refractivity contribution is 5.95. The zero-order chi connectivity index (χ0) is 15.8. The normalized spacial score (nSPS) is 11.7. The number of amides is 2. The Morgan fingerprint density at radius 2 is 2.14 bits per heavy atom. The maximum atomic E-state index is 11.7. The van der Waals surface area contributed by atoms with Gasteiger partial charge in [-0.2, -0.15) is 5.10 Å². The second-order valence-electron chi connectivity index (χ2n) is 5.02. The smallest absolute Gasteiger partial charge is 0.243 e. The standard InChI is InChI=1S/C13H23N5O3.ClH/c1-9(2)12(14)13(20)15-7-11(19)17-10-6-16-18(8-10)4-5-21-3;/h6,8-9,12H,4-5,7,14H2,1-3H3,(H,15,20)(H,17,19);1H/t12-;/m0./s1. The molecule has 1 aromatic heterocycles. The van der Waals surface area contributed by atoms with E-state index in [1.807, 2.05) is 13.8 Å². The van der Waals surface area contributed by atoms with Crippen LogP contribution in [0.5, 0.6) is 0 Å². The molecule has 0 aliphatic rings. The molecule has 0 saturated heterocycles. The van der Waals surface area contributed by atoms with Gasteiger partial charge in [0.25, 0.3) is 0 Å². The first-order valence-electron chi connectivity index (χ1n) is 6.78. The lowest BCUT2D eigenvalue weighted by Crippen LogP contribution is -2.46. The third-order valence-corrected chi connectivity index (χ3v) is 2.89. The fraction of sp³-hybridized carbons (Fsp3) is 0.615. The van der Waals surface area contributed by atoms with Crippen molar-refractivity contribution in [2.45, 2.75) is 26.4 Å². The molecular weight excluding hydrogens is 310 g/mol. The van der Waals surface area contributed by atoms with Gasteiger partial charge in [-0.05, 0) is 5.92 Å². The Labute approximate surface area is 136 Å². The van der Waals surface area contributed by atoms with E-state index in [1.54, 1.807) is 18.0 Å². The van der Waals surface area contributed by atoms with Crippen LogP contribution in [-0.2, 0) is 20.9 Å². The fourth-order valence-corrected chi connectivity index (χ4v) is 1.53. The molecule has 1 aromatic rings. The lowest BCUT2D eigenvalue weighted by Gasteiger charge is -2.14. The van der Waals surface area contributed by atoms with Crippen molar-refractivity contribution < 1.29 is 14.3 Å². The lowest BCUT2D eigenvalue weighted by molar-refractivity contribution is -0.125. The van der Waals surface area contributed by atoms with Gasteiger partial charge in [0.2, 0.25) is 11.8 Å². The largest absolute Gasteiger partial charge is 0.383 e. The SMILES string of the molecule is COCCn1cc(NC(=O)CNC(=O)[C@@H](N)C(C)C)cn1.Cl. The predicted octanol–water partition coefficient (Wildman–Crippen LogP) is -0.0107. The topological polar surface area (TPSA) is 111 Å². The summed E-state index contributed by atoms with van der Waals surface area (Å²) in [6.07, 6.45) is 3.23. The Bertz CT molecular complexity index is 478. The Balaban J connectivity index is 0.00000441. The van der Waals surface area contributed by atoms with Crippen LogP contribution in [0.2, 0.25) is 0 Å². The van der Waals surface area contributed by atoms with Crippen molar-refractivity contribution in [3.8, 4) is 0 Å². The number of ether oxygens (including phenoxy) is 1. The van der Waals surface area contributed by atoms with Crippen LogP contribution in [0, 0.1) is 5.92 Å². The highest BCUT2D eigenvalue weighted by atomic mass is 35.5. The minimum Gasteiger partial charge on any atom is -0.383 e. The van der Waals surface area contributed by atoms with Gasteiger partial charge in [0.15, 0.2) is 0 Å². The van der Waals surface area contributed by atoms with Gasteiger partial charge in [-0.15, -0.1) is 12.4 Å². The fourth-order valence-electron chi connectivity index (χ4n) is 1.53. The summed E-state index contributed by atoms with van der Waals surface area (Å²) in [5.74, 6) is -0.645. The second-order valence-corrected chi connectivity index (χ2v) is 5.02. The van der Waals surface area contributed by atoms with Crippen LogP contribution in [-0.4, -0.2) is 47.9 Å².